The summed E-state index contributed by atoms with van der Waals surface area (Å²) in [5.74, 6) is 0.845. The molecule has 0 aliphatic carbocycles. The van der Waals surface area contributed by atoms with Crippen LogP contribution in [-0.2, 0) is 4.74 Å². The Kier molecular flexibility index (Phi) is 17.6. The third-order valence-electron chi connectivity index (χ3n) is 3.38. The van der Waals surface area contributed by atoms with Crippen LogP contribution in [0, 0.1) is 0 Å². The fourth-order valence-electron chi connectivity index (χ4n) is 2.21. The Hall–Kier alpha value is 0.310. The smallest absolute Gasteiger partial charge is 0.0554 e. The summed E-state index contributed by atoms with van der Waals surface area (Å²) in [5.41, 5.74) is 0. The quantitative estimate of drug-likeness (QED) is 0.300. The normalized spacial score (nSPS) is 11.0. The molecule has 0 unspecified atom stereocenters. The minimum absolute atomic E-state index is 0.807. The van der Waals surface area contributed by atoms with Crippen LogP contribution < -0.4 is 0 Å². The van der Waals surface area contributed by atoms with Crippen molar-refractivity contribution in [2.24, 2.45) is 0 Å². The van der Waals surface area contributed by atoms with Gasteiger partial charge < -0.3 is 4.74 Å². The van der Waals surface area contributed by atoms with E-state index in [1.54, 1.807) is 0 Å². The molecule has 0 rings (SSSR count). The monoisotopic (exact) mass is 274 g/mol. The molecule has 0 aliphatic rings. The first-order chi connectivity index (χ1) is 8.91. The van der Waals surface area contributed by atoms with Crippen molar-refractivity contribution >= 4 is 12.6 Å². The van der Waals surface area contributed by atoms with Gasteiger partial charge in [0, 0.05) is 12.4 Å². The van der Waals surface area contributed by atoms with E-state index in [0.29, 0.717) is 0 Å². The molecule has 0 amide bonds. The summed E-state index contributed by atoms with van der Waals surface area (Å²) in [4.78, 5) is 0. The second kappa shape index (κ2) is 17.3. The highest BCUT2D eigenvalue weighted by atomic mass is 32.1. The van der Waals surface area contributed by atoms with Crippen molar-refractivity contribution in [3.05, 3.63) is 0 Å². The molecule has 0 aromatic heterocycles. The lowest BCUT2D eigenvalue weighted by molar-refractivity contribution is 0.145. The van der Waals surface area contributed by atoms with Crippen molar-refractivity contribution in [3.8, 4) is 0 Å². The van der Waals surface area contributed by atoms with E-state index in [9.17, 15) is 0 Å². The summed E-state index contributed by atoms with van der Waals surface area (Å²) in [6.07, 6.45) is 16.8. The lowest BCUT2D eigenvalue weighted by Crippen LogP contribution is -1.97. The molecule has 0 aromatic rings. The third-order valence-corrected chi connectivity index (χ3v) is 3.56. The van der Waals surface area contributed by atoms with Crippen molar-refractivity contribution in [2.45, 2.75) is 84.0 Å². The molecule has 2 heteroatoms. The predicted octanol–water partition coefficient (Wildman–Crippen LogP) is 5.63. The second-order valence-electron chi connectivity index (χ2n) is 5.23. The van der Waals surface area contributed by atoms with E-state index in [2.05, 4.69) is 19.6 Å². The van der Waals surface area contributed by atoms with Crippen LogP contribution in [0.4, 0.5) is 0 Å². The molecule has 0 aliphatic heterocycles. The maximum atomic E-state index is 5.40. The highest BCUT2D eigenvalue weighted by Crippen LogP contribution is 2.11. The van der Waals surface area contributed by atoms with Gasteiger partial charge in [0.05, 0.1) is 6.61 Å². The van der Waals surface area contributed by atoms with Crippen LogP contribution in [0.3, 0.4) is 0 Å². The Labute approximate surface area is 120 Å². The van der Waals surface area contributed by atoms with E-state index >= 15 is 0 Å². The summed E-state index contributed by atoms with van der Waals surface area (Å²) in [6, 6.07) is 0. The van der Waals surface area contributed by atoms with Crippen molar-refractivity contribution < 1.29 is 4.74 Å². The van der Waals surface area contributed by atoms with Gasteiger partial charge in [-0.2, -0.15) is 12.6 Å². The van der Waals surface area contributed by atoms with Crippen molar-refractivity contribution in [2.75, 3.05) is 19.0 Å². The van der Waals surface area contributed by atoms with Crippen molar-refractivity contribution in [1.29, 1.82) is 0 Å². The molecule has 0 aromatic carbocycles. The maximum Gasteiger partial charge on any atom is 0.0554 e. The average molecular weight is 275 g/mol. The van der Waals surface area contributed by atoms with Gasteiger partial charge >= 0.3 is 0 Å². The fraction of sp³-hybridized carbons (Fsp3) is 1.00. The molecule has 0 atom stereocenters. The van der Waals surface area contributed by atoms with E-state index in [-0.39, 0.29) is 0 Å². The van der Waals surface area contributed by atoms with Crippen molar-refractivity contribution in [1.82, 2.24) is 0 Å². The maximum absolute atomic E-state index is 5.40. The first-order valence-electron chi connectivity index (χ1n) is 8.10. The average Bonchev–Trinajstić information content (AvgIpc) is 2.39. The lowest BCUT2D eigenvalue weighted by Gasteiger charge is -2.03. The Balaban J connectivity index is 2.86. The molecule has 0 bridgehead atoms. The first-order valence-corrected chi connectivity index (χ1v) is 8.73. The molecule has 110 valence electrons. The second-order valence-corrected chi connectivity index (χ2v) is 5.67. The minimum Gasteiger partial charge on any atom is -0.381 e. The molecule has 18 heavy (non-hydrogen) atoms. The number of ether oxygens (including phenoxy) is 1. The number of hydrogen-bond acceptors (Lipinski definition) is 2. The Bertz CT molecular complexity index is 123. The molecule has 0 saturated heterocycles. The van der Waals surface area contributed by atoms with Gasteiger partial charge in [0.25, 0.3) is 0 Å². The van der Waals surface area contributed by atoms with Crippen LogP contribution in [0.5, 0.6) is 0 Å². The molecule has 1 nitrogen and oxygen atoms in total. The number of unbranched alkanes of at least 4 members (excludes halogenated alkanes) is 11. The summed E-state index contributed by atoms with van der Waals surface area (Å²) in [7, 11) is 0. The van der Waals surface area contributed by atoms with Gasteiger partial charge in [-0.3, -0.25) is 0 Å². The molecule has 0 spiro atoms. The lowest BCUT2D eigenvalue weighted by atomic mass is 10.1. The molecule has 0 N–H and O–H groups in total. The highest BCUT2D eigenvalue weighted by Gasteiger charge is 1.93. The SMILES string of the molecule is CCCCCCCCCCCCCCOCCS. The van der Waals surface area contributed by atoms with Crippen LogP contribution in [0.1, 0.15) is 84.0 Å². The highest BCUT2D eigenvalue weighted by molar-refractivity contribution is 7.80. The first kappa shape index (κ1) is 18.3. The van der Waals surface area contributed by atoms with E-state index < -0.39 is 0 Å². The summed E-state index contributed by atoms with van der Waals surface area (Å²) >= 11 is 4.11. The molecule has 0 saturated carbocycles. The van der Waals surface area contributed by atoms with E-state index in [0.717, 1.165) is 19.0 Å². The van der Waals surface area contributed by atoms with Gasteiger partial charge in [-0.25, -0.2) is 0 Å². The predicted molar refractivity (Wildman–Crippen MR) is 85.8 cm³/mol. The number of rotatable bonds is 15. The van der Waals surface area contributed by atoms with Gasteiger partial charge in [0.2, 0.25) is 0 Å². The Morgan fingerprint density at radius 3 is 1.50 bits per heavy atom. The standard InChI is InChI=1S/C16H34OS/c1-2-3-4-5-6-7-8-9-10-11-12-13-14-17-15-16-18/h18H,2-16H2,1H3. The molecule has 0 heterocycles. The van der Waals surface area contributed by atoms with E-state index in [4.69, 9.17) is 4.74 Å². The van der Waals surface area contributed by atoms with Crippen molar-refractivity contribution in [3.63, 3.8) is 0 Å². The third kappa shape index (κ3) is 16.3. The molecular weight excluding hydrogens is 240 g/mol. The fourth-order valence-corrected chi connectivity index (χ4v) is 2.34. The Morgan fingerprint density at radius 2 is 1.06 bits per heavy atom. The zero-order valence-corrected chi connectivity index (χ0v) is 13.4. The van der Waals surface area contributed by atoms with E-state index in [1.165, 1.54) is 77.0 Å². The van der Waals surface area contributed by atoms with Gasteiger partial charge in [-0.05, 0) is 6.42 Å². The van der Waals surface area contributed by atoms with Crippen LogP contribution >= 0.6 is 12.6 Å². The minimum atomic E-state index is 0.807. The van der Waals surface area contributed by atoms with E-state index in [1.807, 2.05) is 0 Å². The topological polar surface area (TPSA) is 9.23 Å². The van der Waals surface area contributed by atoms with Gasteiger partial charge in [-0.1, -0.05) is 77.6 Å². The number of thiol groups is 1. The summed E-state index contributed by atoms with van der Waals surface area (Å²) in [6.45, 7) is 4.02. The molecular formula is C16H34OS. The van der Waals surface area contributed by atoms with Crippen LogP contribution in [0.15, 0.2) is 0 Å². The van der Waals surface area contributed by atoms with Gasteiger partial charge in [0.15, 0.2) is 0 Å². The summed E-state index contributed by atoms with van der Waals surface area (Å²) < 4.78 is 5.40. The molecule has 0 fully saturated rings. The Morgan fingerprint density at radius 1 is 0.611 bits per heavy atom. The largest absolute Gasteiger partial charge is 0.381 e. The summed E-state index contributed by atoms with van der Waals surface area (Å²) in [5, 5.41) is 0. The van der Waals surface area contributed by atoms with Gasteiger partial charge in [-0.15, -0.1) is 0 Å². The van der Waals surface area contributed by atoms with Crippen LogP contribution in [0.25, 0.3) is 0 Å². The zero-order valence-electron chi connectivity index (χ0n) is 12.5. The molecule has 0 radical (unpaired) electrons. The number of hydrogen-bond donors (Lipinski definition) is 1. The van der Waals surface area contributed by atoms with Gasteiger partial charge in [0.1, 0.15) is 0 Å². The van der Waals surface area contributed by atoms with Crippen LogP contribution in [0.2, 0.25) is 0 Å². The van der Waals surface area contributed by atoms with Crippen LogP contribution in [-0.4, -0.2) is 19.0 Å². The zero-order chi connectivity index (χ0) is 13.3.